The molecule has 0 spiro atoms. The zero-order chi connectivity index (χ0) is 12.1. The van der Waals surface area contributed by atoms with Gasteiger partial charge in [-0.15, -0.1) is 6.58 Å². The Morgan fingerprint density at radius 1 is 1.31 bits per heavy atom. The van der Waals surface area contributed by atoms with Gasteiger partial charge in [0.2, 0.25) is 0 Å². The average molecular weight is 219 g/mol. The summed E-state index contributed by atoms with van der Waals surface area (Å²) in [5.74, 6) is 1.51. The number of ether oxygens (including phenoxy) is 2. The largest absolute Gasteiger partial charge is 0.493 e. The topological polar surface area (TPSA) is 18.5 Å². The number of allylic oxidation sites excluding steroid dienone is 1. The highest BCUT2D eigenvalue weighted by molar-refractivity contribution is 5.49. The molecule has 0 amide bonds. The molecule has 1 aromatic rings. The van der Waals surface area contributed by atoms with Crippen molar-refractivity contribution in [1.29, 1.82) is 0 Å². The van der Waals surface area contributed by atoms with E-state index < -0.39 is 0 Å². The first-order valence-corrected chi connectivity index (χ1v) is 5.39. The van der Waals surface area contributed by atoms with Gasteiger partial charge in [-0.05, 0) is 26.8 Å². The maximum Gasteiger partial charge on any atom is 0.164 e. The van der Waals surface area contributed by atoms with Crippen molar-refractivity contribution in [2.24, 2.45) is 0 Å². The normalized spacial score (nSPS) is 12.3. The van der Waals surface area contributed by atoms with E-state index in [-0.39, 0.29) is 12.0 Å². The van der Waals surface area contributed by atoms with Crippen LogP contribution in [0.4, 0.5) is 0 Å². The fraction of sp³-hybridized carbons (Fsp3) is 0.357. The molecule has 1 atom stereocenters. The molecule has 0 bridgehead atoms. The van der Waals surface area contributed by atoms with Crippen LogP contribution in [0.25, 0.3) is 0 Å². The van der Waals surface area contributed by atoms with Crippen molar-refractivity contribution < 1.29 is 9.47 Å². The molecular formula is C14H19O2. The van der Waals surface area contributed by atoms with Gasteiger partial charge in [-0.3, -0.25) is 0 Å². The number of hydrogen-bond donors (Lipinski definition) is 0. The highest BCUT2D eigenvalue weighted by Crippen LogP contribution is 2.36. The molecule has 0 saturated heterocycles. The minimum Gasteiger partial charge on any atom is -0.493 e. The van der Waals surface area contributed by atoms with E-state index in [0.717, 1.165) is 17.1 Å². The zero-order valence-electron chi connectivity index (χ0n) is 10.2. The fourth-order valence-corrected chi connectivity index (χ4v) is 1.52. The minimum absolute atomic E-state index is 0.00524. The summed E-state index contributed by atoms with van der Waals surface area (Å²) in [6, 6.07) is 5.82. The lowest BCUT2D eigenvalue weighted by molar-refractivity contribution is 0.229. The zero-order valence-corrected chi connectivity index (χ0v) is 10.2. The van der Waals surface area contributed by atoms with Gasteiger partial charge in [0.25, 0.3) is 0 Å². The second-order valence-corrected chi connectivity index (χ2v) is 3.89. The predicted octanol–water partition coefficient (Wildman–Crippen LogP) is 3.59. The maximum atomic E-state index is 5.68. The number of methoxy groups -OCH3 is 1. The third-order valence-electron chi connectivity index (χ3n) is 2.26. The van der Waals surface area contributed by atoms with E-state index in [1.165, 1.54) is 0 Å². The van der Waals surface area contributed by atoms with Crippen LogP contribution in [-0.2, 0) is 0 Å². The lowest BCUT2D eigenvalue weighted by atomic mass is 10.00. The highest BCUT2D eigenvalue weighted by Gasteiger charge is 2.14. The van der Waals surface area contributed by atoms with Crippen LogP contribution in [0.3, 0.4) is 0 Å². The van der Waals surface area contributed by atoms with Crippen LogP contribution in [0.15, 0.2) is 30.9 Å². The molecule has 2 heteroatoms. The quantitative estimate of drug-likeness (QED) is 0.705. The first-order valence-electron chi connectivity index (χ1n) is 5.39. The van der Waals surface area contributed by atoms with Crippen LogP contribution in [0, 0.1) is 6.92 Å². The van der Waals surface area contributed by atoms with E-state index in [4.69, 9.17) is 9.47 Å². The highest BCUT2D eigenvalue weighted by atomic mass is 16.5. The van der Waals surface area contributed by atoms with Gasteiger partial charge in [-0.25, -0.2) is 0 Å². The number of hydrogen-bond acceptors (Lipinski definition) is 2. The molecule has 87 valence electrons. The van der Waals surface area contributed by atoms with Crippen LogP contribution < -0.4 is 9.47 Å². The summed E-state index contributed by atoms with van der Waals surface area (Å²) in [6.45, 7) is 11.7. The summed E-state index contributed by atoms with van der Waals surface area (Å²) in [6.07, 6.45) is 1.91. The van der Waals surface area contributed by atoms with Gasteiger partial charge < -0.3 is 9.47 Å². The third kappa shape index (κ3) is 2.78. The number of para-hydroxylation sites is 1. The van der Waals surface area contributed by atoms with Crippen LogP contribution in [0.1, 0.15) is 25.3 Å². The smallest absolute Gasteiger partial charge is 0.164 e. The Labute approximate surface area is 97.9 Å². The Kier molecular flexibility index (Phi) is 4.41. The maximum absolute atomic E-state index is 5.68. The fourth-order valence-electron chi connectivity index (χ4n) is 1.52. The Morgan fingerprint density at radius 2 is 2.00 bits per heavy atom. The number of benzene rings is 1. The third-order valence-corrected chi connectivity index (χ3v) is 2.26. The van der Waals surface area contributed by atoms with E-state index >= 15 is 0 Å². The Morgan fingerprint density at radius 3 is 2.50 bits per heavy atom. The SMILES string of the molecule is [CH2]C(C=C)c1cccc(OC(C)C)c1OC. The van der Waals surface area contributed by atoms with Gasteiger partial charge in [-0.1, -0.05) is 18.2 Å². The van der Waals surface area contributed by atoms with E-state index in [1.54, 1.807) is 13.2 Å². The van der Waals surface area contributed by atoms with Crippen LogP contribution in [0.2, 0.25) is 0 Å². The van der Waals surface area contributed by atoms with Crippen molar-refractivity contribution in [3.63, 3.8) is 0 Å². The second-order valence-electron chi connectivity index (χ2n) is 3.89. The van der Waals surface area contributed by atoms with E-state index in [9.17, 15) is 0 Å². The van der Waals surface area contributed by atoms with Crippen LogP contribution in [0.5, 0.6) is 11.5 Å². The van der Waals surface area contributed by atoms with E-state index in [1.807, 2.05) is 32.0 Å². The molecule has 0 aliphatic rings. The van der Waals surface area contributed by atoms with Crippen molar-refractivity contribution in [1.82, 2.24) is 0 Å². The van der Waals surface area contributed by atoms with E-state index in [2.05, 4.69) is 13.5 Å². The van der Waals surface area contributed by atoms with Gasteiger partial charge in [0.1, 0.15) is 0 Å². The molecule has 0 heterocycles. The Hall–Kier alpha value is -1.44. The molecule has 0 saturated carbocycles. The van der Waals surface area contributed by atoms with Gasteiger partial charge in [0, 0.05) is 11.5 Å². The van der Waals surface area contributed by atoms with Crippen LogP contribution >= 0.6 is 0 Å². The molecule has 1 aromatic carbocycles. The summed E-state index contributed by atoms with van der Waals surface area (Å²) in [5.41, 5.74) is 0.996. The minimum atomic E-state index is 0.00524. The van der Waals surface area contributed by atoms with Gasteiger partial charge in [-0.2, -0.15) is 0 Å². The summed E-state index contributed by atoms with van der Waals surface area (Å²) in [7, 11) is 1.64. The second kappa shape index (κ2) is 5.59. The molecule has 1 unspecified atom stereocenters. The molecule has 1 rings (SSSR count). The first kappa shape index (κ1) is 12.6. The first-order chi connectivity index (χ1) is 7.60. The summed E-state index contributed by atoms with van der Waals surface area (Å²) in [4.78, 5) is 0. The Bertz CT molecular complexity index is 356. The van der Waals surface area contributed by atoms with Crippen molar-refractivity contribution in [2.45, 2.75) is 25.9 Å². The molecule has 0 aromatic heterocycles. The molecule has 16 heavy (non-hydrogen) atoms. The molecule has 0 fully saturated rings. The number of rotatable bonds is 5. The van der Waals surface area contributed by atoms with Gasteiger partial charge in [0.15, 0.2) is 11.5 Å². The lowest BCUT2D eigenvalue weighted by Gasteiger charge is -2.18. The van der Waals surface area contributed by atoms with Crippen molar-refractivity contribution >= 4 is 0 Å². The van der Waals surface area contributed by atoms with Crippen molar-refractivity contribution in [2.75, 3.05) is 7.11 Å². The lowest BCUT2D eigenvalue weighted by Crippen LogP contribution is -2.08. The summed E-state index contributed by atoms with van der Waals surface area (Å²) < 4.78 is 11.1. The molecule has 0 aliphatic heterocycles. The van der Waals surface area contributed by atoms with Crippen LogP contribution in [-0.4, -0.2) is 13.2 Å². The van der Waals surface area contributed by atoms with E-state index in [0.29, 0.717) is 0 Å². The average Bonchev–Trinajstić information content (AvgIpc) is 2.27. The predicted molar refractivity (Wildman–Crippen MR) is 67.1 cm³/mol. The Balaban J connectivity index is 3.14. The van der Waals surface area contributed by atoms with Gasteiger partial charge in [0.05, 0.1) is 13.2 Å². The standard InChI is InChI=1S/C14H19O2/c1-6-11(4)12-8-7-9-13(14(12)15-5)16-10(2)3/h6-11H,1,4H2,2-3,5H3. The molecule has 0 aliphatic carbocycles. The monoisotopic (exact) mass is 219 g/mol. The molecular weight excluding hydrogens is 200 g/mol. The van der Waals surface area contributed by atoms with Gasteiger partial charge >= 0.3 is 0 Å². The molecule has 0 N–H and O–H groups in total. The van der Waals surface area contributed by atoms with Crippen molar-refractivity contribution in [3.8, 4) is 11.5 Å². The molecule has 2 nitrogen and oxygen atoms in total. The summed E-state index contributed by atoms with van der Waals surface area (Å²) >= 11 is 0. The van der Waals surface area contributed by atoms with Crippen molar-refractivity contribution in [3.05, 3.63) is 43.3 Å². The molecule has 1 radical (unpaired) electrons. The summed E-state index contributed by atoms with van der Waals surface area (Å²) in [5, 5.41) is 0.